The van der Waals surface area contributed by atoms with Gasteiger partial charge in [-0.3, -0.25) is 4.79 Å². The highest BCUT2D eigenvalue weighted by atomic mass is 16.5. The van der Waals surface area contributed by atoms with E-state index in [1.54, 1.807) is 0 Å². The minimum Gasteiger partial charge on any atom is -0.479 e. The van der Waals surface area contributed by atoms with Gasteiger partial charge in [0.1, 0.15) is 0 Å². The van der Waals surface area contributed by atoms with Gasteiger partial charge in [0.25, 0.3) is 0 Å². The van der Waals surface area contributed by atoms with E-state index in [0.717, 1.165) is 17.8 Å². The first-order valence-corrected chi connectivity index (χ1v) is 6.47. The molecule has 1 aliphatic heterocycles. The van der Waals surface area contributed by atoms with Gasteiger partial charge in [0, 0.05) is 31.7 Å². The summed E-state index contributed by atoms with van der Waals surface area (Å²) in [6.07, 6.45) is -0.673. The van der Waals surface area contributed by atoms with Crippen LogP contribution < -0.4 is 10.6 Å². The summed E-state index contributed by atoms with van der Waals surface area (Å²) in [5.74, 6) is -1.13. The quantitative estimate of drug-likeness (QED) is 0.716. The van der Waals surface area contributed by atoms with Gasteiger partial charge in [-0.2, -0.15) is 0 Å². The Morgan fingerprint density at radius 2 is 2.25 bits per heavy atom. The fourth-order valence-electron chi connectivity index (χ4n) is 2.31. The number of carboxylic acid groups (broad SMARTS) is 1. The molecular weight excluding hydrogens is 260 g/mol. The molecule has 3 N–H and O–H groups in total. The lowest BCUT2D eigenvalue weighted by Gasteiger charge is -2.13. The average molecular weight is 278 g/mol. The highest BCUT2D eigenvalue weighted by Crippen LogP contribution is 2.32. The zero-order valence-corrected chi connectivity index (χ0v) is 11.3. The van der Waals surface area contributed by atoms with E-state index in [0.29, 0.717) is 6.42 Å². The van der Waals surface area contributed by atoms with Crippen LogP contribution in [0.2, 0.25) is 0 Å². The molecule has 0 spiro atoms. The average Bonchev–Trinajstić information content (AvgIpc) is 2.82. The molecule has 0 aliphatic carbocycles. The second kappa shape index (κ2) is 6.38. The number of carboxylic acids is 1. The number of rotatable bonds is 6. The molecule has 0 saturated heterocycles. The Balaban J connectivity index is 1.86. The summed E-state index contributed by atoms with van der Waals surface area (Å²) in [5.41, 5.74) is 2.19. The van der Waals surface area contributed by atoms with Gasteiger partial charge in [0.05, 0.1) is 6.54 Å². The summed E-state index contributed by atoms with van der Waals surface area (Å²) >= 11 is 0. The molecule has 1 aromatic carbocycles. The topological polar surface area (TPSA) is 87.7 Å². The van der Waals surface area contributed by atoms with Gasteiger partial charge in [0.2, 0.25) is 5.91 Å². The predicted octanol–water partition coefficient (Wildman–Crippen LogP) is 0.802. The smallest absolute Gasteiger partial charge is 0.334 e. The minimum absolute atomic E-state index is 0.0214. The fourth-order valence-corrected chi connectivity index (χ4v) is 2.31. The van der Waals surface area contributed by atoms with Gasteiger partial charge in [-0.25, -0.2) is 4.79 Å². The lowest BCUT2D eigenvalue weighted by atomic mass is 9.97. The Bertz CT molecular complexity index is 504. The molecule has 108 valence electrons. The summed E-state index contributed by atoms with van der Waals surface area (Å²) in [5, 5.41) is 14.7. The monoisotopic (exact) mass is 278 g/mol. The number of nitrogens with one attached hydrogen (secondary N) is 2. The molecule has 2 rings (SSSR count). The van der Waals surface area contributed by atoms with E-state index < -0.39 is 12.1 Å². The predicted molar refractivity (Wildman–Crippen MR) is 73.7 cm³/mol. The van der Waals surface area contributed by atoms with Gasteiger partial charge in [-0.15, -0.1) is 0 Å². The standard InChI is InChI=1S/C14H18N2O4/c1-20-12(14(18)19)8-16-13(17)6-9-7-15-11-5-3-2-4-10(9)11/h2-5,9,12,15H,6-8H2,1H3,(H,16,17)(H,18,19). The molecule has 0 fully saturated rings. The Morgan fingerprint density at radius 1 is 1.50 bits per heavy atom. The van der Waals surface area contributed by atoms with Crippen molar-refractivity contribution in [2.45, 2.75) is 18.4 Å². The molecule has 1 heterocycles. The molecule has 20 heavy (non-hydrogen) atoms. The van der Waals surface area contributed by atoms with Crippen LogP contribution in [0.1, 0.15) is 17.9 Å². The summed E-state index contributed by atoms with van der Waals surface area (Å²) in [7, 11) is 1.31. The highest BCUT2D eigenvalue weighted by Gasteiger charge is 2.24. The van der Waals surface area contributed by atoms with Crippen LogP contribution in [0.15, 0.2) is 24.3 Å². The van der Waals surface area contributed by atoms with E-state index in [1.807, 2.05) is 24.3 Å². The van der Waals surface area contributed by atoms with Crippen molar-refractivity contribution in [1.82, 2.24) is 5.32 Å². The SMILES string of the molecule is COC(CNC(=O)CC1CNc2ccccc21)C(=O)O. The molecule has 1 aliphatic rings. The van der Waals surface area contributed by atoms with Gasteiger partial charge in [-0.1, -0.05) is 18.2 Å². The maximum absolute atomic E-state index is 11.9. The second-order valence-electron chi connectivity index (χ2n) is 4.74. The number of fused-ring (bicyclic) bond motifs is 1. The largest absolute Gasteiger partial charge is 0.479 e. The van der Waals surface area contributed by atoms with Crippen LogP contribution in [0, 0.1) is 0 Å². The number of carbonyl (C=O) groups excluding carboxylic acids is 1. The van der Waals surface area contributed by atoms with E-state index in [1.165, 1.54) is 7.11 Å². The van der Waals surface area contributed by atoms with Crippen LogP contribution in [0.25, 0.3) is 0 Å². The number of amides is 1. The Morgan fingerprint density at radius 3 is 2.95 bits per heavy atom. The van der Waals surface area contributed by atoms with E-state index >= 15 is 0 Å². The van der Waals surface area contributed by atoms with Crippen molar-refractivity contribution in [2.75, 3.05) is 25.5 Å². The lowest BCUT2D eigenvalue weighted by Crippen LogP contribution is -2.38. The van der Waals surface area contributed by atoms with Crippen molar-refractivity contribution < 1.29 is 19.4 Å². The molecule has 6 heteroatoms. The van der Waals surface area contributed by atoms with Gasteiger partial charge in [0.15, 0.2) is 6.10 Å². The number of anilines is 1. The first kappa shape index (κ1) is 14.3. The molecule has 0 bridgehead atoms. The van der Waals surface area contributed by atoms with Crippen molar-refractivity contribution in [3.63, 3.8) is 0 Å². The van der Waals surface area contributed by atoms with Crippen molar-refractivity contribution in [1.29, 1.82) is 0 Å². The van der Waals surface area contributed by atoms with Crippen LogP contribution in [0.5, 0.6) is 0 Å². The van der Waals surface area contributed by atoms with Crippen LogP contribution in [-0.2, 0) is 14.3 Å². The molecule has 0 aromatic heterocycles. The normalized spacial score (nSPS) is 17.9. The molecule has 0 radical (unpaired) electrons. The summed E-state index contributed by atoms with van der Waals surface area (Å²) in [6.45, 7) is 0.700. The fraction of sp³-hybridized carbons (Fsp3) is 0.429. The molecule has 0 saturated carbocycles. The van der Waals surface area contributed by atoms with Crippen LogP contribution in [-0.4, -0.2) is 43.3 Å². The first-order chi connectivity index (χ1) is 9.61. The maximum atomic E-state index is 11.9. The number of para-hydroxylation sites is 1. The summed E-state index contributed by atoms with van der Waals surface area (Å²) in [4.78, 5) is 22.6. The number of hydrogen-bond acceptors (Lipinski definition) is 4. The molecule has 1 amide bonds. The minimum atomic E-state index is -1.08. The number of hydrogen-bond donors (Lipinski definition) is 3. The first-order valence-electron chi connectivity index (χ1n) is 6.47. The molecule has 6 nitrogen and oxygen atoms in total. The zero-order valence-electron chi connectivity index (χ0n) is 11.3. The maximum Gasteiger partial charge on any atom is 0.334 e. The Hall–Kier alpha value is -2.08. The van der Waals surface area contributed by atoms with Gasteiger partial charge < -0.3 is 20.5 Å². The van der Waals surface area contributed by atoms with Gasteiger partial charge >= 0.3 is 5.97 Å². The van der Waals surface area contributed by atoms with E-state index in [-0.39, 0.29) is 18.4 Å². The van der Waals surface area contributed by atoms with E-state index in [2.05, 4.69) is 10.6 Å². The second-order valence-corrected chi connectivity index (χ2v) is 4.74. The third-order valence-corrected chi connectivity index (χ3v) is 3.42. The van der Waals surface area contributed by atoms with Crippen molar-refractivity contribution in [3.8, 4) is 0 Å². The van der Waals surface area contributed by atoms with Crippen LogP contribution in [0.3, 0.4) is 0 Å². The zero-order chi connectivity index (χ0) is 14.5. The Kier molecular flexibility index (Phi) is 4.57. The summed E-state index contributed by atoms with van der Waals surface area (Å²) < 4.78 is 4.76. The number of carbonyl (C=O) groups is 2. The summed E-state index contributed by atoms with van der Waals surface area (Å²) in [6, 6.07) is 7.88. The van der Waals surface area contributed by atoms with E-state index in [9.17, 15) is 9.59 Å². The highest BCUT2D eigenvalue weighted by molar-refractivity contribution is 5.79. The lowest BCUT2D eigenvalue weighted by molar-refractivity contribution is -0.148. The number of aliphatic carboxylic acids is 1. The third kappa shape index (κ3) is 3.27. The van der Waals surface area contributed by atoms with Crippen molar-refractivity contribution in [3.05, 3.63) is 29.8 Å². The van der Waals surface area contributed by atoms with Crippen LogP contribution >= 0.6 is 0 Å². The molecule has 2 unspecified atom stereocenters. The third-order valence-electron chi connectivity index (χ3n) is 3.42. The van der Waals surface area contributed by atoms with Crippen molar-refractivity contribution in [2.24, 2.45) is 0 Å². The van der Waals surface area contributed by atoms with E-state index in [4.69, 9.17) is 9.84 Å². The van der Waals surface area contributed by atoms with Crippen LogP contribution in [0.4, 0.5) is 5.69 Å². The van der Waals surface area contributed by atoms with Crippen molar-refractivity contribution >= 4 is 17.6 Å². The number of benzene rings is 1. The molecule has 1 aromatic rings. The number of methoxy groups -OCH3 is 1. The number of ether oxygens (including phenoxy) is 1. The van der Waals surface area contributed by atoms with Gasteiger partial charge in [-0.05, 0) is 11.6 Å². The molecular formula is C14H18N2O4. The molecule has 2 atom stereocenters. The Labute approximate surface area is 117 Å².